The molecule has 3 aromatic rings. The molecule has 0 saturated carbocycles. The van der Waals surface area contributed by atoms with Crippen molar-refractivity contribution in [3.8, 4) is 11.5 Å². The van der Waals surface area contributed by atoms with E-state index in [-0.39, 0.29) is 11.7 Å². The molecule has 7 nitrogen and oxygen atoms in total. The van der Waals surface area contributed by atoms with Gasteiger partial charge in [-0.1, -0.05) is 37.3 Å². The number of nitrogens with zero attached hydrogens (tertiary/aromatic N) is 3. The van der Waals surface area contributed by atoms with Crippen LogP contribution in [0.1, 0.15) is 53.8 Å². The van der Waals surface area contributed by atoms with Crippen molar-refractivity contribution in [2.24, 2.45) is 0 Å². The summed E-state index contributed by atoms with van der Waals surface area (Å²) >= 11 is 0. The highest BCUT2D eigenvalue weighted by molar-refractivity contribution is 5.95. The summed E-state index contributed by atoms with van der Waals surface area (Å²) in [6.45, 7) is 4.09. The molecule has 10 heteroatoms. The standard InChI is InChI=1S/C31H33F3N4O3/c1-3-27-29(38-18-15-26(40-2)19-28(38)36-27)30(39)35-20-21-5-4-6-24(10-7-21)37-16-13-23(14-17-37)22-8-11-25(12-9-22)41-31(32,33)34/h5-12,15,18-19,23H,3-4,13-14,16-17,20H2,1-2H3,(H,35,39). The van der Waals surface area contributed by atoms with Crippen molar-refractivity contribution < 1.29 is 27.4 Å². The Labute approximate surface area is 237 Å². The maximum atomic E-state index is 13.2. The van der Waals surface area contributed by atoms with Gasteiger partial charge in [-0.15, -0.1) is 13.2 Å². The van der Waals surface area contributed by atoms with Gasteiger partial charge in [-0.25, -0.2) is 4.98 Å². The second-order valence-corrected chi connectivity index (χ2v) is 10.1. The lowest BCUT2D eigenvalue weighted by molar-refractivity contribution is -0.274. The number of piperidine rings is 1. The molecule has 1 aliphatic carbocycles. The Bertz CT molecular complexity index is 1480. The van der Waals surface area contributed by atoms with E-state index in [9.17, 15) is 18.0 Å². The number of ether oxygens (including phenoxy) is 2. The second-order valence-electron chi connectivity index (χ2n) is 10.1. The molecular formula is C31H33F3N4O3. The monoisotopic (exact) mass is 566 g/mol. The highest BCUT2D eigenvalue weighted by atomic mass is 19.4. The van der Waals surface area contributed by atoms with Crippen LogP contribution in [0.2, 0.25) is 0 Å². The van der Waals surface area contributed by atoms with Crippen molar-refractivity contribution in [3.63, 3.8) is 0 Å². The summed E-state index contributed by atoms with van der Waals surface area (Å²) in [5.74, 6) is 0.606. The van der Waals surface area contributed by atoms with Crippen LogP contribution in [-0.4, -0.2) is 53.3 Å². The van der Waals surface area contributed by atoms with Gasteiger partial charge in [-0.3, -0.25) is 9.20 Å². The predicted molar refractivity (Wildman–Crippen MR) is 150 cm³/mol. The molecule has 0 unspecified atom stereocenters. The van der Waals surface area contributed by atoms with Crippen LogP contribution >= 0.6 is 0 Å². The Morgan fingerprint density at radius 2 is 1.83 bits per heavy atom. The number of pyridine rings is 1. The first-order valence-electron chi connectivity index (χ1n) is 13.7. The number of benzene rings is 1. The molecule has 0 radical (unpaired) electrons. The minimum absolute atomic E-state index is 0.175. The van der Waals surface area contributed by atoms with Gasteiger partial charge in [0.15, 0.2) is 0 Å². The zero-order valence-corrected chi connectivity index (χ0v) is 23.1. The average Bonchev–Trinajstić information content (AvgIpc) is 3.17. The molecule has 0 spiro atoms. The van der Waals surface area contributed by atoms with Crippen molar-refractivity contribution in [2.45, 2.75) is 44.9 Å². The van der Waals surface area contributed by atoms with E-state index in [1.54, 1.807) is 35.9 Å². The number of likely N-dealkylation sites (tertiary alicyclic amines) is 1. The zero-order chi connectivity index (χ0) is 29.0. The third kappa shape index (κ3) is 6.75. The van der Waals surface area contributed by atoms with Crippen molar-refractivity contribution in [1.29, 1.82) is 0 Å². The van der Waals surface area contributed by atoms with Crippen LogP contribution in [0.15, 0.2) is 78.2 Å². The lowest BCUT2D eigenvalue weighted by atomic mass is 9.89. The van der Waals surface area contributed by atoms with Crippen LogP contribution in [0.4, 0.5) is 13.2 Å². The molecular weight excluding hydrogens is 533 g/mol. The number of nitrogens with one attached hydrogen (secondary N) is 1. The molecule has 1 amide bonds. The number of hydrogen-bond donors (Lipinski definition) is 1. The van der Waals surface area contributed by atoms with Crippen LogP contribution < -0.4 is 14.8 Å². The molecule has 2 aromatic heterocycles. The van der Waals surface area contributed by atoms with Crippen molar-refractivity contribution in [3.05, 3.63) is 95.1 Å². The first kappa shape index (κ1) is 28.3. The van der Waals surface area contributed by atoms with E-state index in [4.69, 9.17) is 4.74 Å². The normalized spacial score (nSPS) is 16.3. The molecule has 1 N–H and O–H groups in total. The predicted octanol–water partition coefficient (Wildman–Crippen LogP) is 6.18. The number of hydrogen-bond acceptors (Lipinski definition) is 5. The van der Waals surface area contributed by atoms with E-state index in [0.717, 1.165) is 54.9 Å². The van der Waals surface area contributed by atoms with E-state index in [1.807, 2.05) is 19.1 Å². The average molecular weight is 567 g/mol. The van der Waals surface area contributed by atoms with E-state index >= 15 is 0 Å². The molecule has 1 aromatic carbocycles. The van der Waals surface area contributed by atoms with Crippen LogP contribution in [0, 0.1) is 0 Å². The van der Waals surface area contributed by atoms with Gasteiger partial charge in [0.25, 0.3) is 5.91 Å². The van der Waals surface area contributed by atoms with Crippen LogP contribution in [0.3, 0.4) is 0 Å². The molecule has 1 fully saturated rings. The highest BCUT2D eigenvalue weighted by Gasteiger charge is 2.31. The molecule has 0 bridgehead atoms. The number of imidazole rings is 1. The second kappa shape index (κ2) is 12.1. The summed E-state index contributed by atoms with van der Waals surface area (Å²) in [7, 11) is 1.60. The summed E-state index contributed by atoms with van der Waals surface area (Å²) in [4.78, 5) is 20.1. The molecule has 1 saturated heterocycles. The minimum Gasteiger partial charge on any atom is -0.497 e. The fourth-order valence-electron chi connectivity index (χ4n) is 5.39. The molecule has 5 rings (SSSR count). The van der Waals surface area contributed by atoms with Crippen molar-refractivity contribution >= 4 is 11.6 Å². The van der Waals surface area contributed by atoms with E-state index in [2.05, 4.69) is 38.2 Å². The molecule has 1 aliphatic heterocycles. The fraction of sp³-hybridized carbons (Fsp3) is 0.355. The van der Waals surface area contributed by atoms with Gasteiger partial charge < -0.3 is 19.7 Å². The Hall–Kier alpha value is -4.21. The summed E-state index contributed by atoms with van der Waals surface area (Å²) < 4.78 is 48.4. The number of carbonyl (C=O) groups excluding carboxylic acids is 1. The summed E-state index contributed by atoms with van der Waals surface area (Å²) in [5, 5.41) is 3.05. The summed E-state index contributed by atoms with van der Waals surface area (Å²) in [6, 6.07) is 9.83. The van der Waals surface area contributed by atoms with E-state index < -0.39 is 6.36 Å². The largest absolute Gasteiger partial charge is 0.573 e. The molecule has 2 aliphatic rings. The molecule has 216 valence electrons. The number of aromatic nitrogens is 2. The van der Waals surface area contributed by atoms with Gasteiger partial charge in [-0.2, -0.15) is 0 Å². The number of allylic oxidation sites excluding steroid dienone is 3. The number of aryl methyl sites for hydroxylation is 1. The third-order valence-electron chi connectivity index (χ3n) is 7.53. The first-order chi connectivity index (χ1) is 19.7. The summed E-state index contributed by atoms with van der Waals surface area (Å²) in [5.41, 5.74) is 5.13. The smallest absolute Gasteiger partial charge is 0.497 e. The van der Waals surface area contributed by atoms with Gasteiger partial charge >= 0.3 is 6.36 Å². The minimum atomic E-state index is -4.68. The number of fused-ring (bicyclic) bond motifs is 1. The summed E-state index contributed by atoms with van der Waals surface area (Å²) in [6.07, 6.45) is 8.76. The van der Waals surface area contributed by atoms with E-state index in [0.29, 0.717) is 36.0 Å². The maximum Gasteiger partial charge on any atom is 0.573 e. The lowest BCUT2D eigenvalue weighted by Crippen LogP contribution is -2.31. The number of alkyl halides is 3. The maximum absolute atomic E-state index is 13.2. The van der Waals surface area contributed by atoms with Gasteiger partial charge in [-0.05, 0) is 67.0 Å². The van der Waals surface area contributed by atoms with Crippen LogP contribution in [-0.2, 0) is 6.42 Å². The number of methoxy groups -OCH3 is 1. The number of rotatable bonds is 8. The van der Waals surface area contributed by atoms with E-state index in [1.165, 1.54) is 12.1 Å². The Balaban J connectivity index is 1.15. The molecule has 3 heterocycles. The topological polar surface area (TPSA) is 68.1 Å². The van der Waals surface area contributed by atoms with Gasteiger partial charge in [0.2, 0.25) is 0 Å². The van der Waals surface area contributed by atoms with Crippen molar-refractivity contribution in [2.75, 3.05) is 26.7 Å². The number of amides is 1. The third-order valence-corrected chi connectivity index (χ3v) is 7.53. The van der Waals surface area contributed by atoms with Crippen LogP contribution in [0.5, 0.6) is 11.5 Å². The Morgan fingerprint density at radius 1 is 1.07 bits per heavy atom. The number of halogens is 3. The fourth-order valence-corrected chi connectivity index (χ4v) is 5.39. The van der Waals surface area contributed by atoms with Crippen LogP contribution in [0.25, 0.3) is 5.65 Å². The Kier molecular flexibility index (Phi) is 8.37. The zero-order valence-electron chi connectivity index (χ0n) is 23.1. The molecule has 41 heavy (non-hydrogen) atoms. The van der Waals surface area contributed by atoms with Crippen molar-refractivity contribution in [1.82, 2.24) is 19.6 Å². The number of carbonyl (C=O) groups is 1. The van der Waals surface area contributed by atoms with Gasteiger partial charge in [0, 0.05) is 37.6 Å². The SMILES string of the molecule is CCc1nc2cc(OC)ccn2c1C(=O)NCC1=CCC=C(N2CCC(c3ccc(OC(F)(F)F)cc3)CC2)C=C1. The lowest BCUT2D eigenvalue weighted by Gasteiger charge is -2.34. The first-order valence-corrected chi connectivity index (χ1v) is 13.7. The quantitative estimate of drug-likeness (QED) is 0.353. The molecule has 0 atom stereocenters. The highest BCUT2D eigenvalue weighted by Crippen LogP contribution is 2.32. The van der Waals surface area contributed by atoms with Gasteiger partial charge in [0.1, 0.15) is 22.8 Å². The Morgan fingerprint density at radius 3 is 2.51 bits per heavy atom. The van der Waals surface area contributed by atoms with Gasteiger partial charge in [0.05, 0.1) is 12.8 Å².